The fourth-order valence-corrected chi connectivity index (χ4v) is 9.81. The number of aromatic nitrogens is 4. The number of halogens is 2. The van der Waals surface area contributed by atoms with Crippen molar-refractivity contribution in [2.45, 2.75) is 79.2 Å². The molecule has 11 aromatic rings. The number of fused-ring (bicyclic) bond motifs is 4. The molecule has 0 saturated carbocycles. The van der Waals surface area contributed by atoms with Gasteiger partial charge in [0, 0.05) is 87.4 Å². The van der Waals surface area contributed by atoms with Crippen molar-refractivity contribution in [3.63, 3.8) is 0 Å². The number of pyridine rings is 4. The third kappa shape index (κ3) is 16.8. The van der Waals surface area contributed by atoms with Crippen LogP contribution in [0.5, 0.6) is 11.5 Å². The average Bonchev–Trinajstić information content (AvgIpc) is 2.60. The zero-order valence-electron chi connectivity index (χ0n) is 50.2. The van der Waals surface area contributed by atoms with E-state index in [1.165, 1.54) is 54.6 Å². The predicted octanol–water partition coefficient (Wildman–Crippen LogP) is 18.6. The normalized spacial score (nSPS) is 11.4. The summed E-state index contributed by atoms with van der Waals surface area (Å²) in [7, 11) is 0. The van der Waals surface area contributed by atoms with Crippen molar-refractivity contribution >= 4 is 33.7 Å². The summed E-state index contributed by atoms with van der Waals surface area (Å²) in [5.41, 5.74) is 16.0. The van der Waals surface area contributed by atoms with Gasteiger partial charge in [-0.15, -0.1) is 29.8 Å². The summed E-state index contributed by atoms with van der Waals surface area (Å²) in [4.78, 5) is 26.7. The minimum absolute atomic E-state index is 0. The van der Waals surface area contributed by atoms with Gasteiger partial charge in [0.25, 0.3) is 0 Å². The molecule has 451 valence electrons. The van der Waals surface area contributed by atoms with E-state index in [1.807, 2.05) is 72.8 Å². The number of para-hydroxylation sites is 5. The first-order chi connectivity index (χ1) is 41.2. The molecule has 1 radical (unpaired) electrons. The van der Waals surface area contributed by atoms with Crippen molar-refractivity contribution in [3.8, 4) is 67.9 Å². The van der Waals surface area contributed by atoms with E-state index in [0.717, 1.165) is 62.6 Å². The van der Waals surface area contributed by atoms with Crippen LogP contribution < -0.4 is 9.47 Å². The number of aromatic hydroxyl groups is 2. The van der Waals surface area contributed by atoms with Crippen LogP contribution in [0.3, 0.4) is 0 Å². The number of hydrogen-bond acceptors (Lipinski definition) is 8. The second-order valence-electron chi connectivity index (χ2n) is 23.0. The Balaban J connectivity index is 0.000000182. The monoisotopic (exact) mass is 1530 g/mol. The number of benzene rings is 7. The van der Waals surface area contributed by atoms with Crippen LogP contribution in [0.2, 0.25) is 0 Å². The van der Waals surface area contributed by atoms with Gasteiger partial charge in [-0.3, -0.25) is 9.78 Å². The van der Waals surface area contributed by atoms with E-state index in [9.17, 15) is 23.8 Å². The Bertz CT molecular complexity index is 4040. The summed E-state index contributed by atoms with van der Waals surface area (Å²) in [6.07, 6.45) is 0.902. The summed E-state index contributed by atoms with van der Waals surface area (Å²) in [6.45, 7) is 16.8. The van der Waals surface area contributed by atoms with Crippen molar-refractivity contribution in [1.82, 2.24) is 15.0 Å². The molecule has 0 bridgehead atoms. The first kappa shape index (κ1) is 66.7. The van der Waals surface area contributed by atoms with Crippen LogP contribution in [0.25, 0.3) is 67.3 Å². The molecule has 1 aliphatic rings. The molecular formula is C75H69F2IrN5O4Pt. The molecule has 4 aromatic heterocycles. The molecule has 88 heavy (non-hydrogen) atoms. The van der Waals surface area contributed by atoms with Crippen LogP contribution >= 0.6 is 0 Å². The van der Waals surface area contributed by atoms with Crippen LogP contribution in [-0.4, -0.2) is 36.1 Å². The zero-order chi connectivity index (χ0) is 61.1. The Morgan fingerprint density at radius 3 is 1.52 bits per heavy atom. The third-order valence-electron chi connectivity index (χ3n) is 14.3. The standard InChI is InChI=1S/C30H32N2O2.C24H19N2.C16H10F2N.C5H8O2.Ir.Pt/c1-29(2,3)19-15-23(21-11-7-9-13-27(21)33)31-25(17-19)26-18-20(30(4,5)6)16-24(32-26)22-12-8-10-14-28(22)34;1-3-10-20(11-4-1)26(21-12-5-2-6-13-21)22-15-16-25-18-19-9-7-8-14-23(19)24(25)17-22;17-16(18)13-7-5-12(6-8-13)15-10-9-11-3-1-2-4-14(11)19-15;1-4(6)3-5(2)7;;/h7-18,33-34H,1-6H3;1-17H,18H2;1-5,7-10,16H;3,6H,1-2H3;;/q;+1;-1;;;. The van der Waals surface area contributed by atoms with Crippen molar-refractivity contribution in [2.75, 3.05) is 4.90 Å². The van der Waals surface area contributed by atoms with E-state index in [4.69, 9.17) is 15.1 Å². The number of nitrogens with zero attached hydrogens (tertiary/aromatic N) is 5. The Morgan fingerprint density at radius 1 is 0.557 bits per heavy atom. The molecule has 7 aromatic carbocycles. The minimum Gasteiger partial charge on any atom is -0.512 e. The summed E-state index contributed by atoms with van der Waals surface area (Å²) >= 11 is 0. The summed E-state index contributed by atoms with van der Waals surface area (Å²) < 4.78 is 27.3. The molecule has 3 N–H and O–H groups in total. The van der Waals surface area contributed by atoms with Crippen LogP contribution in [0.4, 0.5) is 25.8 Å². The Kier molecular flexibility index (Phi) is 22.5. The van der Waals surface area contributed by atoms with Crippen LogP contribution in [0, 0.1) is 6.07 Å². The predicted molar refractivity (Wildman–Crippen MR) is 343 cm³/mol. The van der Waals surface area contributed by atoms with E-state index in [1.54, 1.807) is 30.3 Å². The van der Waals surface area contributed by atoms with Gasteiger partial charge in [0.05, 0.1) is 45.3 Å². The van der Waals surface area contributed by atoms with Crippen molar-refractivity contribution in [2.24, 2.45) is 0 Å². The fraction of sp³-hybridized carbons (Fsp3) is 0.160. The number of anilines is 3. The van der Waals surface area contributed by atoms with Gasteiger partial charge >= 0.3 is 0 Å². The molecule has 1 aliphatic heterocycles. The van der Waals surface area contributed by atoms with E-state index in [2.05, 4.69) is 177 Å². The topological polar surface area (TPSA) is 124 Å². The quantitative estimate of drug-likeness (QED) is 0.0565. The van der Waals surface area contributed by atoms with Gasteiger partial charge in [-0.05, 0) is 132 Å². The van der Waals surface area contributed by atoms with Gasteiger partial charge in [0.15, 0.2) is 18.5 Å². The van der Waals surface area contributed by atoms with E-state index in [0.29, 0.717) is 22.5 Å². The molecule has 13 heteroatoms. The number of alkyl halides is 2. The van der Waals surface area contributed by atoms with E-state index in [-0.39, 0.29) is 80.6 Å². The second kappa shape index (κ2) is 29.7. The Labute approximate surface area is 542 Å². The number of allylic oxidation sites excluding steroid dienone is 2. The fourth-order valence-electron chi connectivity index (χ4n) is 9.81. The molecule has 0 unspecified atom stereocenters. The Hall–Kier alpha value is -8.79. The first-order valence-corrected chi connectivity index (χ1v) is 28.4. The van der Waals surface area contributed by atoms with Gasteiger partial charge in [-0.2, -0.15) is 4.57 Å². The molecule has 0 fully saturated rings. The molecule has 0 spiro atoms. The molecule has 0 saturated heterocycles. The van der Waals surface area contributed by atoms with Crippen molar-refractivity contribution < 1.29 is 74.6 Å². The molecule has 5 heterocycles. The molecular weight excluding hydrogens is 1460 g/mol. The summed E-state index contributed by atoms with van der Waals surface area (Å²) in [6, 6.07) is 75.8. The number of rotatable bonds is 9. The van der Waals surface area contributed by atoms with E-state index < -0.39 is 6.43 Å². The number of aliphatic hydroxyl groups is 1. The smallest absolute Gasteiger partial charge is 0.232 e. The molecule has 0 amide bonds. The maximum atomic E-state index is 12.5. The molecule has 12 rings (SSSR count). The number of ketones is 1. The van der Waals surface area contributed by atoms with Gasteiger partial charge in [-0.1, -0.05) is 156 Å². The number of carbonyl (C=O) groups is 1. The number of hydrogen-bond donors (Lipinski definition) is 3. The van der Waals surface area contributed by atoms with Gasteiger partial charge in [-0.25, -0.2) is 18.7 Å². The maximum Gasteiger partial charge on any atom is 0.232 e. The number of aliphatic hydroxyl groups excluding tert-OH is 1. The number of phenols is 2. The summed E-state index contributed by atoms with van der Waals surface area (Å²) in [5.74, 6) is 0.323. The Morgan fingerprint density at radius 2 is 1.05 bits per heavy atom. The molecule has 0 aliphatic carbocycles. The largest absolute Gasteiger partial charge is 0.512 e. The SMILES string of the molecule is CC(=O)C=C(C)O.CC(C)(C)c1cc(-c2cc(C(C)(C)C)cc(-c3ccccc3O)n2)nc(-c2ccccc2O)c1.FC(F)c1c[c-]c(-c2ccc3ccccc3n2)cc1.[Ir].[Pt].c1ccc(N(c2ccccc2)c2cc[n+]3c(c2)-c2ccccc2C3)cc1. The van der Waals surface area contributed by atoms with Crippen LogP contribution in [-0.2, 0) is 63.3 Å². The van der Waals surface area contributed by atoms with Crippen LogP contribution in [0.1, 0.15) is 84.1 Å². The van der Waals surface area contributed by atoms with Crippen LogP contribution in [0.15, 0.2) is 242 Å². The minimum atomic E-state index is -2.46. The third-order valence-corrected chi connectivity index (χ3v) is 14.3. The zero-order valence-corrected chi connectivity index (χ0v) is 54.9. The van der Waals surface area contributed by atoms with Crippen molar-refractivity contribution in [1.29, 1.82) is 0 Å². The van der Waals surface area contributed by atoms with E-state index >= 15 is 0 Å². The van der Waals surface area contributed by atoms with Gasteiger partial charge < -0.3 is 20.2 Å². The average molecular weight is 1530 g/mol. The maximum absolute atomic E-state index is 12.5. The molecule has 0 atom stereocenters. The second-order valence-corrected chi connectivity index (χ2v) is 23.0. The van der Waals surface area contributed by atoms with Crippen molar-refractivity contribution in [3.05, 3.63) is 271 Å². The van der Waals surface area contributed by atoms with Gasteiger partial charge in [0.1, 0.15) is 11.5 Å². The number of carbonyl (C=O) groups excluding carboxylic acids is 1. The number of phenolic OH excluding ortho intramolecular Hbond substituents is 2. The molecule has 9 nitrogen and oxygen atoms in total. The summed E-state index contributed by atoms with van der Waals surface area (Å²) in [5, 5.41) is 30.4. The van der Waals surface area contributed by atoms with Gasteiger partial charge in [0.2, 0.25) is 12.1 Å². The first-order valence-electron chi connectivity index (χ1n) is 28.4.